The van der Waals surface area contributed by atoms with Crippen molar-refractivity contribution in [3.8, 4) is 17.7 Å². The van der Waals surface area contributed by atoms with Gasteiger partial charge in [0, 0.05) is 12.8 Å². The molecule has 1 aromatic carbocycles. The first-order valence-corrected chi connectivity index (χ1v) is 12.5. The molecule has 188 valence electrons. The van der Waals surface area contributed by atoms with Gasteiger partial charge in [-0.25, -0.2) is 31.6 Å². The van der Waals surface area contributed by atoms with E-state index in [9.17, 15) is 21.6 Å². The van der Waals surface area contributed by atoms with E-state index in [1.165, 1.54) is 24.5 Å². The smallest absolute Gasteiger partial charge is 0.233 e. The maximum Gasteiger partial charge on any atom is 0.233 e. The summed E-state index contributed by atoms with van der Waals surface area (Å²) in [4.78, 5) is 11.8. The Hall–Kier alpha value is -3.39. The number of hydrogen-bond acceptors (Lipinski definition) is 6. The highest BCUT2D eigenvalue weighted by Crippen LogP contribution is 2.27. The van der Waals surface area contributed by atoms with Crippen LogP contribution >= 0.6 is 0 Å². The number of aryl methyl sites for hydroxylation is 1. The summed E-state index contributed by atoms with van der Waals surface area (Å²) in [6.07, 6.45) is 3.92. The molecule has 0 amide bonds. The first-order valence-electron chi connectivity index (χ1n) is 10.6. The van der Waals surface area contributed by atoms with Crippen LogP contribution < -0.4 is 10.5 Å². The van der Waals surface area contributed by atoms with Gasteiger partial charge < -0.3 is 10.5 Å². The highest BCUT2D eigenvalue weighted by atomic mass is 32.2. The zero-order valence-electron chi connectivity index (χ0n) is 19.7. The SMILES string of the molecule is CC#CCOc1cnc(/C(F)=C/c2ccc(F)c(CC[C@](CF)(/C(N)=N\CC)S(C)(=O)=O)c2)cn1. The molecular formula is C24H27F3N4O3S. The molecular weight excluding hydrogens is 481 g/mol. The van der Waals surface area contributed by atoms with Crippen molar-refractivity contribution in [2.45, 2.75) is 31.4 Å². The number of benzene rings is 1. The molecule has 35 heavy (non-hydrogen) atoms. The van der Waals surface area contributed by atoms with Crippen LogP contribution in [0.1, 0.15) is 37.1 Å². The lowest BCUT2D eigenvalue weighted by atomic mass is 9.97. The standard InChI is InChI=1S/C24H27F3N4O3S/c1-4-6-11-34-22-15-30-21(14-31-22)20(27)13-17-7-8-19(26)18(12-17)9-10-24(16-25,35(3,32)33)23(28)29-5-2/h7-8,12-15H,5,9-11,16H2,1-3H3,(H2,28,29)/b20-13-/t24-/m0/s1. The summed E-state index contributed by atoms with van der Waals surface area (Å²) in [5.74, 6) is 3.80. The topological polar surface area (TPSA) is 108 Å². The number of alkyl halides is 1. The number of sulfone groups is 1. The summed E-state index contributed by atoms with van der Waals surface area (Å²) in [6, 6.07) is 3.81. The number of ether oxygens (including phenoxy) is 1. The van der Waals surface area contributed by atoms with E-state index in [4.69, 9.17) is 10.5 Å². The van der Waals surface area contributed by atoms with Crippen molar-refractivity contribution >= 4 is 27.6 Å². The molecule has 1 aromatic heterocycles. The third-order valence-corrected chi connectivity index (χ3v) is 7.17. The predicted molar refractivity (Wildman–Crippen MR) is 130 cm³/mol. The van der Waals surface area contributed by atoms with Crippen LogP contribution in [0.4, 0.5) is 13.2 Å². The summed E-state index contributed by atoms with van der Waals surface area (Å²) in [5.41, 5.74) is 6.11. The van der Waals surface area contributed by atoms with Crippen molar-refractivity contribution in [1.29, 1.82) is 0 Å². The van der Waals surface area contributed by atoms with Gasteiger partial charge in [-0.05, 0) is 56.0 Å². The minimum atomic E-state index is -4.02. The minimum absolute atomic E-state index is 0.0677. The summed E-state index contributed by atoms with van der Waals surface area (Å²) in [6.45, 7) is 2.28. The van der Waals surface area contributed by atoms with E-state index in [-0.39, 0.29) is 49.0 Å². The van der Waals surface area contributed by atoms with E-state index >= 15 is 0 Å². The van der Waals surface area contributed by atoms with Crippen molar-refractivity contribution in [1.82, 2.24) is 9.97 Å². The molecule has 2 aromatic rings. The number of aliphatic imine (C=N–C) groups is 1. The molecule has 1 atom stereocenters. The Morgan fingerprint density at radius 2 is 2.06 bits per heavy atom. The third-order valence-electron chi connectivity index (χ3n) is 5.22. The van der Waals surface area contributed by atoms with Crippen LogP contribution in [0.5, 0.6) is 5.88 Å². The summed E-state index contributed by atoms with van der Waals surface area (Å²) < 4.78 is 71.1. The Morgan fingerprint density at radius 1 is 1.31 bits per heavy atom. The van der Waals surface area contributed by atoms with E-state index in [1.54, 1.807) is 13.8 Å². The van der Waals surface area contributed by atoms with Crippen LogP contribution in [-0.2, 0) is 16.3 Å². The van der Waals surface area contributed by atoms with E-state index in [0.29, 0.717) is 5.56 Å². The minimum Gasteiger partial charge on any atom is -0.463 e. The van der Waals surface area contributed by atoms with Crippen molar-refractivity contribution in [3.63, 3.8) is 0 Å². The van der Waals surface area contributed by atoms with Gasteiger partial charge >= 0.3 is 0 Å². The van der Waals surface area contributed by atoms with Gasteiger partial charge in [-0.3, -0.25) is 4.99 Å². The Morgan fingerprint density at radius 3 is 2.63 bits per heavy atom. The molecule has 0 fully saturated rings. The third kappa shape index (κ3) is 7.05. The lowest BCUT2D eigenvalue weighted by Gasteiger charge is -2.28. The summed E-state index contributed by atoms with van der Waals surface area (Å²) in [5, 5.41) is 0. The van der Waals surface area contributed by atoms with Gasteiger partial charge in [-0.15, -0.1) is 5.92 Å². The fourth-order valence-corrected chi connectivity index (χ4v) is 4.30. The Bertz CT molecular complexity index is 1250. The van der Waals surface area contributed by atoms with Gasteiger partial charge in [-0.1, -0.05) is 12.0 Å². The maximum atomic E-state index is 14.7. The Labute approximate surface area is 203 Å². The number of nitrogens with two attached hydrogens (primary N) is 1. The number of nitrogens with zero attached hydrogens (tertiary/aromatic N) is 3. The van der Waals surface area contributed by atoms with E-state index < -0.39 is 32.9 Å². The first-order chi connectivity index (χ1) is 16.6. The molecule has 0 aliphatic rings. The highest BCUT2D eigenvalue weighted by Gasteiger charge is 2.45. The molecule has 0 unspecified atom stereocenters. The molecule has 0 aliphatic heterocycles. The van der Waals surface area contributed by atoms with Gasteiger partial charge in [0.2, 0.25) is 5.88 Å². The molecule has 0 bridgehead atoms. The molecule has 0 radical (unpaired) electrons. The number of amidine groups is 1. The Kier molecular flexibility index (Phi) is 9.83. The maximum absolute atomic E-state index is 14.7. The second-order valence-electron chi connectivity index (χ2n) is 7.56. The predicted octanol–water partition coefficient (Wildman–Crippen LogP) is 3.55. The van der Waals surface area contributed by atoms with Crippen molar-refractivity contribution in [3.05, 3.63) is 53.2 Å². The number of hydrogen-bond donors (Lipinski definition) is 1. The number of rotatable bonds is 11. The molecule has 0 aliphatic carbocycles. The van der Waals surface area contributed by atoms with Gasteiger partial charge in [0.15, 0.2) is 27.0 Å². The molecule has 0 saturated carbocycles. The van der Waals surface area contributed by atoms with Crippen LogP contribution in [0.3, 0.4) is 0 Å². The van der Waals surface area contributed by atoms with Crippen molar-refractivity contribution in [2.75, 3.05) is 26.1 Å². The average molecular weight is 509 g/mol. The molecule has 1 heterocycles. The van der Waals surface area contributed by atoms with Crippen LogP contribution in [0.25, 0.3) is 11.9 Å². The lowest BCUT2D eigenvalue weighted by molar-refractivity contribution is 0.353. The van der Waals surface area contributed by atoms with Crippen LogP contribution in [0.2, 0.25) is 0 Å². The van der Waals surface area contributed by atoms with Gasteiger partial charge in [0.1, 0.15) is 24.0 Å². The molecule has 0 spiro atoms. The molecule has 2 N–H and O–H groups in total. The second-order valence-corrected chi connectivity index (χ2v) is 9.88. The van der Waals surface area contributed by atoms with Crippen LogP contribution in [0.15, 0.2) is 35.6 Å². The highest BCUT2D eigenvalue weighted by molar-refractivity contribution is 7.93. The molecule has 2 rings (SSSR count). The fourth-order valence-electron chi connectivity index (χ4n) is 3.18. The quantitative estimate of drug-likeness (QED) is 0.283. The van der Waals surface area contributed by atoms with E-state index in [1.807, 2.05) is 0 Å². The van der Waals surface area contributed by atoms with Crippen LogP contribution in [-0.4, -0.2) is 55.1 Å². The zero-order valence-corrected chi connectivity index (χ0v) is 20.5. The first kappa shape index (κ1) is 27.9. The van der Waals surface area contributed by atoms with E-state index in [0.717, 1.165) is 18.4 Å². The second kappa shape index (κ2) is 12.4. The zero-order chi connectivity index (χ0) is 26.1. The Balaban J connectivity index is 2.28. The monoisotopic (exact) mass is 508 g/mol. The normalized spacial score (nSPS) is 14.1. The van der Waals surface area contributed by atoms with Gasteiger partial charge in [-0.2, -0.15) is 0 Å². The number of aromatic nitrogens is 2. The van der Waals surface area contributed by atoms with Crippen molar-refractivity contribution in [2.24, 2.45) is 10.7 Å². The van der Waals surface area contributed by atoms with Gasteiger partial charge in [0.05, 0.1) is 12.4 Å². The molecule has 7 nitrogen and oxygen atoms in total. The van der Waals surface area contributed by atoms with Gasteiger partial charge in [0.25, 0.3) is 0 Å². The van der Waals surface area contributed by atoms with Crippen molar-refractivity contribution < 1.29 is 26.3 Å². The average Bonchev–Trinajstić information content (AvgIpc) is 2.81. The summed E-state index contributed by atoms with van der Waals surface area (Å²) in [7, 11) is -4.02. The lowest BCUT2D eigenvalue weighted by Crippen LogP contribution is -2.52. The fraction of sp³-hybridized carbons (Fsp3) is 0.375. The van der Waals surface area contributed by atoms with Crippen LogP contribution in [0, 0.1) is 17.7 Å². The summed E-state index contributed by atoms with van der Waals surface area (Å²) >= 11 is 0. The molecule has 11 heteroatoms. The van der Waals surface area contributed by atoms with E-state index in [2.05, 4.69) is 26.8 Å². The number of halogens is 3. The molecule has 0 saturated heterocycles. The largest absolute Gasteiger partial charge is 0.463 e.